The van der Waals surface area contributed by atoms with E-state index in [1.165, 1.54) is 11.8 Å². The Bertz CT molecular complexity index is 979. The van der Waals surface area contributed by atoms with Crippen molar-refractivity contribution in [3.8, 4) is 17.1 Å². The molecule has 146 valence electrons. The van der Waals surface area contributed by atoms with E-state index < -0.39 is 0 Å². The van der Waals surface area contributed by atoms with Crippen LogP contribution in [0.3, 0.4) is 0 Å². The van der Waals surface area contributed by atoms with Crippen LogP contribution in [0.5, 0.6) is 5.75 Å². The first-order chi connectivity index (χ1) is 13.4. The van der Waals surface area contributed by atoms with E-state index in [0.29, 0.717) is 5.16 Å². The smallest absolute Gasteiger partial charge is 0.234 e. The highest BCUT2D eigenvalue weighted by Crippen LogP contribution is 2.27. The van der Waals surface area contributed by atoms with Crippen LogP contribution in [0.4, 0.5) is 5.69 Å². The minimum atomic E-state index is -0.0764. The average molecular weight is 461 g/mol. The summed E-state index contributed by atoms with van der Waals surface area (Å²) in [6.45, 7) is 3.95. The van der Waals surface area contributed by atoms with Gasteiger partial charge >= 0.3 is 0 Å². The number of anilines is 1. The molecule has 1 amide bonds. The molecule has 0 radical (unpaired) electrons. The van der Waals surface area contributed by atoms with Crippen molar-refractivity contribution in [3.05, 3.63) is 52.0 Å². The maximum Gasteiger partial charge on any atom is 0.234 e. The molecule has 0 aliphatic heterocycles. The van der Waals surface area contributed by atoms with E-state index in [1.54, 1.807) is 7.11 Å². The van der Waals surface area contributed by atoms with Crippen molar-refractivity contribution in [2.75, 3.05) is 18.2 Å². The van der Waals surface area contributed by atoms with Crippen LogP contribution in [0.15, 0.2) is 46.0 Å². The van der Waals surface area contributed by atoms with Crippen molar-refractivity contribution in [1.82, 2.24) is 14.8 Å². The Morgan fingerprint density at radius 3 is 2.43 bits per heavy atom. The molecule has 0 fully saturated rings. The number of amides is 1. The molecule has 0 aliphatic rings. The van der Waals surface area contributed by atoms with Crippen molar-refractivity contribution in [2.24, 2.45) is 7.05 Å². The van der Waals surface area contributed by atoms with Crippen LogP contribution in [-0.4, -0.2) is 33.5 Å². The molecule has 0 spiro atoms. The van der Waals surface area contributed by atoms with Gasteiger partial charge < -0.3 is 14.6 Å². The van der Waals surface area contributed by atoms with Gasteiger partial charge in [0.1, 0.15) is 5.75 Å². The summed E-state index contributed by atoms with van der Waals surface area (Å²) in [5.41, 5.74) is 3.83. The summed E-state index contributed by atoms with van der Waals surface area (Å²) >= 11 is 4.83. The number of hydrogen-bond acceptors (Lipinski definition) is 5. The molecular formula is C20H21BrN4O2S. The second-order valence-corrected chi connectivity index (χ2v) is 8.20. The van der Waals surface area contributed by atoms with E-state index in [1.807, 2.05) is 61.9 Å². The summed E-state index contributed by atoms with van der Waals surface area (Å²) in [7, 11) is 3.53. The van der Waals surface area contributed by atoms with Gasteiger partial charge in [-0.25, -0.2) is 0 Å². The summed E-state index contributed by atoms with van der Waals surface area (Å²) in [6.07, 6.45) is 0. The van der Waals surface area contributed by atoms with Crippen molar-refractivity contribution in [1.29, 1.82) is 0 Å². The summed E-state index contributed by atoms with van der Waals surface area (Å²) in [4.78, 5) is 12.4. The number of halogens is 1. The van der Waals surface area contributed by atoms with Gasteiger partial charge in [-0.3, -0.25) is 4.79 Å². The van der Waals surface area contributed by atoms with Crippen molar-refractivity contribution >= 4 is 39.3 Å². The number of nitrogens with one attached hydrogen (secondary N) is 1. The molecule has 0 aliphatic carbocycles. The Labute approximate surface area is 176 Å². The highest BCUT2D eigenvalue weighted by Gasteiger charge is 2.14. The number of ether oxygens (including phenoxy) is 1. The standard InChI is InChI=1S/C20H21BrN4O2S/c1-12-9-15(21)10-13(2)18(12)22-17(26)11-28-20-24-23-19(25(20)3)14-5-7-16(27-4)8-6-14/h5-10H,11H2,1-4H3,(H,22,26). The lowest BCUT2D eigenvalue weighted by Crippen LogP contribution is -2.16. The summed E-state index contributed by atoms with van der Waals surface area (Å²) in [5, 5.41) is 12.2. The zero-order valence-corrected chi connectivity index (χ0v) is 18.5. The number of aryl methyl sites for hydroxylation is 2. The van der Waals surface area contributed by atoms with Crippen molar-refractivity contribution in [2.45, 2.75) is 19.0 Å². The maximum atomic E-state index is 12.4. The Kier molecular flexibility index (Phi) is 6.41. The summed E-state index contributed by atoms with van der Waals surface area (Å²) in [6, 6.07) is 11.6. The van der Waals surface area contributed by atoms with Crippen molar-refractivity contribution < 1.29 is 9.53 Å². The lowest BCUT2D eigenvalue weighted by Gasteiger charge is -2.12. The van der Waals surface area contributed by atoms with E-state index in [0.717, 1.165) is 38.4 Å². The third-order valence-corrected chi connectivity index (χ3v) is 5.76. The fraction of sp³-hybridized carbons (Fsp3) is 0.250. The predicted molar refractivity (Wildman–Crippen MR) is 116 cm³/mol. The van der Waals surface area contributed by atoms with Crippen LogP contribution in [-0.2, 0) is 11.8 Å². The highest BCUT2D eigenvalue weighted by molar-refractivity contribution is 9.10. The Hall–Kier alpha value is -2.32. The maximum absolute atomic E-state index is 12.4. The predicted octanol–water partition coefficient (Wildman–Crippen LogP) is 4.60. The number of carbonyl (C=O) groups excluding carboxylic acids is 1. The van der Waals surface area contributed by atoms with Crippen LogP contribution in [0.2, 0.25) is 0 Å². The van der Waals surface area contributed by atoms with Gasteiger partial charge in [0.15, 0.2) is 11.0 Å². The molecule has 3 rings (SSSR count). The van der Waals surface area contributed by atoms with Gasteiger partial charge in [0.05, 0.1) is 12.9 Å². The summed E-state index contributed by atoms with van der Waals surface area (Å²) in [5.74, 6) is 1.71. The molecule has 1 heterocycles. The second-order valence-electron chi connectivity index (χ2n) is 6.35. The molecular weight excluding hydrogens is 440 g/mol. The molecule has 28 heavy (non-hydrogen) atoms. The van der Waals surface area contributed by atoms with E-state index >= 15 is 0 Å². The first kappa shape index (κ1) is 20.4. The SMILES string of the molecule is COc1ccc(-c2nnc(SCC(=O)Nc3c(C)cc(Br)cc3C)n2C)cc1. The number of benzene rings is 2. The fourth-order valence-corrected chi connectivity index (χ4v) is 4.24. The lowest BCUT2D eigenvalue weighted by atomic mass is 10.1. The van der Waals surface area contributed by atoms with Gasteiger partial charge in [-0.15, -0.1) is 10.2 Å². The number of methoxy groups -OCH3 is 1. The van der Waals surface area contributed by atoms with Crippen molar-refractivity contribution in [3.63, 3.8) is 0 Å². The number of carbonyl (C=O) groups is 1. The van der Waals surface area contributed by atoms with E-state index in [9.17, 15) is 4.79 Å². The van der Waals surface area contributed by atoms with Crippen LogP contribution in [0.25, 0.3) is 11.4 Å². The van der Waals surface area contributed by atoms with Crippen LogP contribution in [0, 0.1) is 13.8 Å². The molecule has 0 saturated carbocycles. The quantitative estimate of drug-likeness (QED) is 0.544. The average Bonchev–Trinajstić information content (AvgIpc) is 3.03. The molecule has 8 heteroatoms. The van der Waals surface area contributed by atoms with Crippen LogP contribution < -0.4 is 10.1 Å². The number of nitrogens with zero attached hydrogens (tertiary/aromatic N) is 3. The molecule has 0 saturated heterocycles. The molecule has 0 bridgehead atoms. The normalized spacial score (nSPS) is 10.8. The highest BCUT2D eigenvalue weighted by atomic mass is 79.9. The molecule has 1 N–H and O–H groups in total. The second kappa shape index (κ2) is 8.79. The third-order valence-electron chi connectivity index (χ3n) is 4.28. The van der Waals surface area contributed by atoms with E-state index in [4.69, 9.17) is 4.74 Å². The number of rotatable bonds is 6. The Morgan fingerprint density at radius 2 is 1.82 bits per heavy atom. The van der Waals surface area contributed by atoms with Gasteiger partial charge in [0.2, 0.25) is 5.91 Å². The molecule has 3 aromatic rings. The van der Waals surface area contributed by atoms with Gasteiger partial charge in [0, 0.05) is 22.8 Å². The zero-order chi connectivity index (χ0) is 20.3. The largest absolute Gasteiger partial charge is 0.497 e. The van der Waals surface area contributed by atoms with Gasteiger partial charge in [0.25, 0.3) is 0 Å². The zero-order valence-electron chi connectivity index (χ0n) is 16.1. The molecule has 0 unspecified atom stereocenters. The minimum Gasteiger partial charge on any atom is -0.497 e. The van der Waals surface area contributed by atoms with Gasteiger partial charge in [-0.2, -0.15) is 0 Å². The number of thioether (sulfide) groups is 1. The first-order valence-electron chi connectivity index (χ1n) is 8.62. The minimum absolute atomic E-state index is 0.0764. The van der Waals surface area contributed by atoms with Gasteiger partial charge in [-0.1, -0.05) is 27.7 Å². The molecule has 2 aromatic carbocycles. The number of hydrogen-bond donors (Lipinski definition) is 1. The van der Waals surface area contributed by atoms with E-state index in [-0.39, 0.29) is 11.7 Å². The van der Waals surface area contributed by atoms with E-state index in [2.05, 4.69) is 31.4 Å². The monoisotopic (exact) mass is 460 g/mol. The topological polar surface area (TPSA) is 69.0 Å². The molecule has 1 aromatic heterocycles. The van der Waals surface area contributed by atoms with Crippen LogP contribution in [0.1, 0.15) is 11.1 Å². The Balaban J connectivity index is 1.66. The fourth-order valence-electron chi connectivity index (χ4n) is 2.85. The molecule has 0 atom stereocenters. The number of aromatic nitrogens is 3. The summed E-state index contributed by atoms with van der Waals surface area (Å²) < 4.78 is 8.07. The first-order valence-corrected chi connectivity index (χ1v) is 10.4. The molecule has 6 nitrogen and oxygen atoms in total. The van der Waals surface area contributed by atoms with Crippen LogP contribution >= 0.6 is 27.7 Å². The lowest BCUT2D eigenvalue weighted by molar-refractivity contribution is -0.113. The van der Waals surface area contributed by atoms with Gasteiger partial charge in [-0.05, 0) is 61.4 Å². The third kappa shape index (κ3) is 4.56. The Morgan fingerprint density at radius 1 is 1.18 bits per heavy atom.